The van der Waals surface area contributed by atoms with Gasteiger partial charge in [0.25, 0.3) is 0 Å². The van der Waals surface area contributed by atoms with Gasteiger partial charge in [0.15, 0.2) is 0 Å². The molecule has 0 aromatic heterocycles. The molecule has 0 atom stereocenters. The Bertz CT molecular complexity index is 486. The van der Waals surface area contributed by atoms with E-state index in [1.54, 1.807) is 32.9 Å². The van der Waals surface area contributed by atoms with E-state index in [1.165, 1.54) is 12.1 Å². The van der Waals surface area contributed by atoms with Crippen molar-refractivity contribution in [3.63, 3.8) is 0 Å². The molecule has 1 aromatic rings. The van der Waals surface area contributed by atoms with E-state index in [0.717, 1.165) is 5.56 Å². The van der Waals surface area contributed by atoms with Crippen LogP contribution >= 0.6 is 7.60 Å². The molecule has 0 aliphatic carbocycles. The molecule has 0 radical (unpaired) electrons. The van der Waals surface area contributed by atoms with E-state index >= 15 is 0 Å². The molecule has 6 nitrogen and oxygen atoms in total. The fourth-order valence-electron chi connectivity index (χ4n) is 1.30. The van der Waals surface area contributed by atoms with Gasteiger partial charge in [0.2, 0.25) is 0 Å². The first-order chi connectivity index (χ1) is 8.58. The van der Waals surface area contributed by atoms with Crippen LogP contribution in [0.5, 0.6) is 0 Å². The SMILES string of the molecule is CC(C)(C)OC(=O)NCc1ccc(P(=O)(O)O)cc1. The Hall–Kier alpha value is -1.36. The van der Waals surface area contributed by atoms with Crippen molar-refractivity contribution >= 4 is 19.0 Å². The summed E-state index contributed by atoms with van der Waals surface area (Å²) < 4.78 is 16.0. The number of carbonyl (C=O) groups is 1. The van der Waals surface area contributed by atoms with Gasteiger partial charge in [-0.05, 0) is 38.5 Å². The molecule has 0 heterocycles. The normalized spacial score (nSPS) is 12.1. The highest BCUT2D eigenvalue weighted by atomic mass is 31.2. The molecule has 0 unspecified atom stereocenters. The molecule has 19 heavy (non-hydrogen) atoms. The van der Waals surface area contributed by atoms with E-state index in [0.29, 0.717) is 0 Å². The second kappa shape index (κ2) is 5.74. The molecular weight excluding hydrogens is 269 g/mol. The molecule has 1 aromatic carbocycles. The second-order valence-electron chi connectivity index (χ2n) is 5.07. The minimum Gasteiger partial charge on any atom is -0.444 e. The quantitative estimate of drug-likeness (QED) is 0.732. The molecule has 0 saturated carbocycles. The van der Waals surface area contributed by atoms with Crippen molar-refractivity contribution in [1.29, 1.82) is 0 Å². The zero-order valence-electron chi connectivity index (χ0n) is 11.1. The molecule has 0 aliphatic heterocycles. The van der Waals surface area contributed by atoms with E-state index in [-0.39, 0.29) is 11.8 Å². The lowest BCUT2D eigenvalue weighted by Crippen LogP contribution is -2.32. The average molecular weight is 287 g/mol. The molecule has 0 aliphatic rings. The summed E-state index contributed by atoms with van der Waals surface area (Å²) in [5.74, 6) is 0. The Morgan fingerprint density at radius 3 is 2.21 bits per heavy atom. The van der Waals surface area contributed by atoms with Crippen molar-refractivity contribution < 1.29 is 23.9 Å². The molecule has 1 rings (SSSR count). The Morgan fingerprint density at radius 1 is 1.26 bits per heavy atom. The van der Waals surface area contributed by atoms with Crippen LogP contribution in [0.25, 0.3) is 0 Å². The van der Waals surface area contributed by atoms with Crippen molar-refractivity contribution in [2.75, 3.05) is 0 Å². The molecule has 7 heteroatoms. The van der Waals surface area contributed by atoms with E-state index in [9.17, 15) is 9.36 Å². The van der Waals surface area contributed by atoms with Crippen LogP contribution in [0, 0.1) is 0 Å². The minimum absolute atomic E-state index is 0.0477. The maximum absolute atomic E-state index is 11.4. The number of rotatable bonds is 3. The van der Waals surface area contributed by atoms with Crippen LogP contribution in [-0.4, -0.2) is 21.5 Å². The van der Waals surface area contributed by atoms with E-state index in [1.807, 2.05) is 0 Å². The number of ether oxygens (including phenoxy) is 1. The number of nitrogens with one attached hydrogen (secondary N) is 1. The molecule has 0 spiro atoms. The summed E-state index contributed by atoms with van der Waals surface area (Å²) in [6.45, 7) is 5.53. The van der Waals surface area contributed by atoms with Crippen molar-refractivity contribution in [2.45, 2.75) is 32.9 Å². The molecule has 0 fully saturated rings. The topological polar surface area (TPSA) is 95.9 Å². The summed E-state index contributed by atoms with van der Waals surface area (Å²) in [5, 5.41) is 2.51. The molecule has 1 amide bonds. The van der Waals surface area contributed by atoms with Gasteiger partial charge < -0.3 is 19.8 Å². The molecule has 106 valence electrons. The number of benzene rings is 1. The molecule has 0 saturated heterocycles. The minimum atomic E-state index is -4.22. The highest BCUT2D eigenvalue weighted by Gasteiger charge is 2.17. The number of hydrogen-bond acceptors (Lipinski definition) is 3. The zero-order chi connectivity index (χ0) is 14.7. The van der Waals surface area contributed by atoms with Crippen molar-refractivity contribution in [3.05, 3.63) is 29.8 Å². The summed E-state index contributed by atoms with van der Waals surface area (Å²) >= 11 is 0. The van der Waals surface area contributed by atoms with Crippen LogP contribution in [0.1, 0.15) is 26.3 Å². The van der Waals surface area contributed by atoms with Crippen LogP contribution in [0.3, 0.4) is 0 Å². The smallest absolute Gasteiger partial charge is 0.407 e. The maximum atomic E-state index is 11.4. The van der Waals surface area contributed by atoms with Gasteiger partial charge in [0.05, 0.1) is 5.30 Å². The first kappa shape index (κ1) is 15.7. The van der Waals surface area contributed by atoms with Crippen molar-refractivity contribution in [1.82, 2.24) is 5.32 Å². The van der Waals surface area contributed by atoms with Gasteiger partial charge in [-0.15, -0.1) is 0 Å². The lowest BCUT2D eigenvalue weighted by Gasteiger charge is -2.19. The van der Waals surface area contributed by atoms with Gasteiger partial charge >= 0.3 is 13.7 Å². The lowest BCUT2D eigenvalue weighted by molar-refractivity contribution is 0.0523. The van der Waals surface area contributed by atoms with Crippen LogP contribution < -0.4 is 10.6 Å². The fourth-order valence-corrected chi connectivity index (χ4v) is 1.83. The highest BCUT2D eigenvalue weighted by molar-refractivity contribution is 7.60. The largest absolute Gasteiger partial charge is 0.444 e. The summed E-state index contributed by atoms with van der Waals surface area (Å²) in [4.78, 5) is 29.3. The van der Waals surface area contributed by atoms with Gasteiger partial charge in [-0.25, -0.2) is 4.79 Å². The monoisotopic (exact) mass is 287 g/mol. The third-order valence-corrected chi connectivity index (χ3v) is 3.08. The predicted molar refractivity (Wildman–Crippen MR) is 71.2 cm³/mol. The lowest BCUT2D eigenvalue weighted by atomic mass is 10.2. The van der Waals surface area contributed by atoms with Gasteiger partial charge in [-0.3, -0.25) is 4.57 Å². The van der Waals surface area contributed by atoms with E-state index in [4.69, 9.17) is 14.5 Å². The first-order valence-electron chi connectivity index (χ1n) is 5.70. The van der Waals surface area contributed by atoms with E-state index < -0.39 is 19.3 Å². The van der Waals surface area contributed by atoms with Gasteiger partial charge in [-0.1, -0.05) is 12.1 Å². The maximum Gasteiger partial charge on any atom is 0.407 e. The van der Waals surface area contributed by atoms with Crippen molar-refractivity contribution in [2.24, 2.45) is 0 Å². The van der Waals surface area contributed by atoms with Crippen molar-refractivity contribution in [3.8, 4) is 0 Å². The fraction of sp³-hybridized carbons (Fsp3) is 0.417. The van der Waals surface area contributed by atoms with Crippen LogP contribution in [0.4, 0.5) is 4.79 Å². The number of alkyl carbamates (subject to hydrolysis) is 1. The molecule has 3 N–H and O–H groups in total. The molecular formula is C12H18NO5P. The Labute approximate surface area is 111 Å². The molecule has 0 bridgehead atoms. The predicted octanol–water partition coefficient (Wildman–Crippen LogP) is 1.51. The number of hydrogen-bond donors (Lipinski definition) is 3. The second-order valence-corrected chi connectivity index (χ2v) is 6.67. The third-order valence-electron chi connectivity index (χ3n) is 2.11. The Balaban J connectivity index is 2.56. The summed E-state index contributed by atoms with van der Waals surface area (Å²) in [5.41, 5.74) is 0.164. The standard InChI is InChI=1S/C12H18NO5P/c1-12(2,3)18-11(14)13-8-9-4-6-10(7-5-9)19(15,16)17/h4-7H,8H2,1-3H3,(H,13,14)(H2,15,16,17). The third kappa shape index (κ3) is 5.87. The number of amides is 1. The Morgan fingerprint density at radius 2 is 1.79 bits per heavy atom. The van der Waals surface area contributed by atoms with Gasteiger partial charge in [0.1, 0.15) is 5.60 Å². The summed E-state index contributed by atoms with van der Waals surface area (Å²) in [6.07, 6.45) is -0.536. The highest BCUT2D eigenvalue weighted by Crippen LogP contribution is 2.32. The zero-order valence-corrected chi connectivity index (χ0v) is 12.0. The van der Waals surface area contributed by atoms with Gasteiger partial charge in [0, 0.05) is 6.54 Å². The van der Waals surface area contributed by atoms with Crippen LogP contribution in [0.15, 0.2) is 24.3 Å². The van der Waals surface area contributed by atoms with Gasteiger partial charge in [-0.2, -0.15) is 0 Å². The average Bonchev–Trinajstić information content (AvgIpc) is 2.23. The first-order valence-corrected chi connectivity index (χ1v) is 7.31. The van der Waals surface area contributed by atoms with E-state index in [2.05, 4.69) is 5.32 Å². The number of carbonyl (C=O) groups excluding carboxylic acids is 1. The summed E-state index contributed by atoms with van der Waals surface area (Å²) in [7, 11) is -4.22. The van der Waals surface area contributed by atoms with Crippen LogP contribution in [-0.2, 0) is 15.8 Å². The van der Waals surface area contributed by atoms with Crippen LogP contribution in [0.2, 0.25) is 0 Å². The Kier molecular flexibility index (Phi) is 4.74. The summed E-state index contributed by atoms with van der Waals surface area (Å²) in [6, 6.07) is 5.78.